The minimum absolute atomic E-state index is 0.00280. The summed E-state index contributed by atoms with van der Waals surface area (Å²) >= 11 is 5.90. The third-order valence-electron chi connectivity index (χ3n) is 7.13. The highest BCUT2D eigenvalue weighted by molar-refractivity contribution is 6.30. The van der Waals surface area contributed by atoms with Crippen molar-refractivity contribution in [3.8, 4) is 11.3 Å². The zero-order valence-corrected chi connectivity index (χ0v) is 22.6. The fourth-order valence-electron chi connectivity index (χ4n) is 4.95. The smallest absolute Gasteiger partial charge is 0.411 e. The van der Waals surface area contributed by atoms with Crippen LogP contribution in [-0.4, -0.2) is 51.6 Å². The molecule has 1 aromatic carbocycles. The molecule has 0 radical (unpaired) electrons. The third kappa shape index (κ3) is 5.57. The van der Waals surface area contributed by atoms with Gasteiger partial charge < -0.3 is 19.8 Å². The molecule has 3 unspecified atom stereocenters. The van der Waals surface area contributed by atoms with E-state index in [1.54, 1.807) is 29.3 Å². The Morgan fingerprint density at radius 2 is 2.05 bits per heavy atom. The van der Waals surface area contributed by atoms with E-state index in [9.17, 15) is 18.8 Å². The van der Waals surface area contributed by atoms with Crippen LogP contribution >= 0.6 is 11.6 Å². The van der Waals surface area contributed by atoms with Crippen LogP contribution in [-0.2, 0) is 14.3 Å². The number of imidazole rings is 1. The Labute approximate surface area is 234 Å². The molecule has 2 aliphatic rings. The number of nitrogens with one attached hydrogen (secondary N) is 3. The second kappa shape index (κ2) is 11.5. The summed E-state index contributed by atoms with van der Waals surface area (Å²) in [6, 6.07) is 5.95. The van der Waals surface area contributed by atoms with Gasteiger partial charge in [0.05, 0.1) is 35.8 Å². The first kappa shape index (κ1) is 27.4. The van der Waals surface area contributed by atoms with E-state index in [0.29, 0.717) is 54.1 Å². The zero-order valence-electron chi connectivity index (χ0n) is 21.9. The molecular weight excluding hydrogens is 543 g/mol. The number of anilines is 2. The Bertz CT molecular complexity index is 1450. The summed E-state index contributed by atoms with van der Waals surface area (Å²) in [6.07, 6.45) is 2.94. The van der Waals surface area contributed by atoms with Crippen molar-refractivity contribution in [3.05, 3.63) is 59.0 Å². The first-order chi connectivity index (χ1) is 19.2. The zero-order chi connectivity index (χ0) is 28.4. The Morgan fingerprint density at radius 1 is 1.23 bits per heavy atom. The second-order valence-electron chi connectivity index (χ2n) is 9.74. The number of fused-ring (bicyclic) bond motifs is 4. The van der Waals surface area contributed by atoms with E-state index in [0.717, 1.165) is 0 Å². The summed E-state index contributed by atoms with van der Waals surface area (Å²) in [5, 5.41) is 5.47. The van der Waals surface area contributed by atoms with Gasteiger partial charge in [-0.15, -0.1) is 0 Å². The lowest BCUT2D eigenvalue weighted by Gasteiger charge is -2.36. The summed E-state index contributed by atoms with van der Waals surface area (Å²) in [5.74, 6) is -0.640. The molecule has 2 bridgehead atoms. The maximum Gasteiger partial charge on any atom is 0.411 e. The van der Waals surface area contributed by atoms with Gasteiger partial charge in [-0.25, -0.2) is 19.0 Å². The molecule has 40 heavy (non-hydrogen) atoms. The molecule has 2 aliphatic heterocycles. The minimum atomic E-state index is -0.857. The summed E-state index contributed by atoms with van der Waals surface area (Å²) in [5.41, 5.74) is 2.19. The Kier molecular flexibility index (Phi) is 7.88. The van der Waals surface area contributed by atoms with Crippen LogP contribution in [0.1, 0.15) is 56.3 Å². The van der Waals surface area contributed by atoms with E-state index in [2.05, 4.69) is 30.3 Å². The number of rotatable bonds is 3. The quantitative estimate of drug-likeness (QED) is 0.360. The Hall–Kier alpha value is -4.19. The van der Waals surface area contributed by atoms with Crippen molar-refractivity contribution in [2.45, 2.75) is 44.8 Å². The number of H-pyrrole nitrogens is 1. The van der Waals surface area contributed by atoms with Crippen LogP contribution in [0.3, 0.4) is 0 Å². The first-order valence-electron chi connectivity index (χ1n) is 12.9. The van der Waals surface area contributed by atoms with Gasteiger partial charge in [0.1, 0.15) is 11.5 Å². The van der Waals surface area contributed by atoms with Gasteiger partial charge in [0.15, 0.2) is 11.9 Å². The summed E-state index contributed by atoms with van der Waals surface area (Å²) in [7, 11) is 1.26. The number of methoxy groups -OCH3 is 1. The monoisotopic (exact) mass is 570 g/mol. The molecule has 210 valence electrons. The van der Waals surface area contributed by atoms with Crippen molar-refractivity contribution >= 4 is 41.1 Å². The van der Waals surface area contributed by atoms with Crippen LogP contribution in [0.25, 0.3) is 11.3 Å². The lowest BCUT2D eigenvalue weighted by molar-refractivity contribution is -0.119. The molecule has 1 saturated heterocycles. The predicted molar refractivity (Wildman–Crippen MR) is 144 cm³/mol. The van der Waals surface area contributed by atoms with Crippen molar-refractivity contribution in [1.82, 2.24) is 19.9 Å². The molecule has 3 aromatic rings. The van der Waals surface area contributed by atoms with Crippen LogP contribution in [0.15, 0.2) is 36.7 Å². The number of amides is 3. The molecule has 0 saturated carbocycles. The number of hydrogen-bond donors (Lipinski definition) is 3. The molecule has 5 rings (SSSR count). The van der Waals surface area contributed by atoms with Crippen molar-refractivity contribution in [3.63, 3.8) is 0 Å². The number of ether oxygens (including phenoxy) is 2. The van der Waals surface area contributed by atoms with Gasteiger partial charge in [0.2, 0.25) is 5.91 Å². The summed E-state index contributed by atoms with van der Waals surface area (Å²) < 4.78 is 24.8. The van der Waals surface area contributed by atoms with Crippen LogP contribution in [0, 0.1) is 11.7 Å². The summed E-state index contributed by atoms with van der Waals surface area (Å²) in [4.78, 5) is 51.4. The lowest BCUT2D eigenvalue weighted by atomic mass is 9.98. The largest absolute Gasteiger partial charge is 0.453 e. The Morgan fingerprint density at radius 3 is 2.83 bits per heavy atom. The second-order valence-corrected chi connectivity index (χ2v) is 10.1. The van der Waals surface area contributed by atoms with Gasteiger partial charge in [-0.3, -0.25) is 20.0 Å². The number of halogens is 2. The van der Waals surface area contributed by atoms with E-state index in [1.807, 2.05) is 6.92 Å². The molecule has 3 N–H and O–H groups in total. The number of aromatic nitrogens is 3. The molecule has 4 heterocycles. The molecule has 1 fully saturated rings. The molecule has 3 amide bonds. The first-order valence-corrected chi connectivity index (χ1v) is 13.2. The fraction of sp³-hybridized carbons (Fsp3) is 0.370. The highest BCUT2D eigenvalue weighted by atomic mass is 35.5. The number of carbonyl (C=O) groups excluding carboxylic acids is 3. The van der Waals surface area contributed by atoms with Crippen molar-refractivity contribution in [1.29, 1.82) is 0 Å². The molecule has 0 aliphatic carbocycles. The van der Waals surface area contributed by atoms with E-state index >= 15 is 0 Å². The number of hydrogen-bond acceptors (Lipinski definition) is 7. The van der Waals surface area contributed by atoms with Crippen LogP contribution in [0.2, 0.25) is 5.02 Å². The average molecular weight is 571 g/mol. The average Bonchev–Trinajstić information content (AvgIpc) is 3.42. The number of cyclic esters (lactones) is 1. The highest BCUT2D eigenvalue weighted by Gasteiger charge is 2.37. The topological polar surface area (TPSA) is 139 Å². The predicted octanol–water partition coefficient (Wildman–Crippen LogP) is 5.83. The van der Waals surface area contributed by atoms with Gasteiger partial charge in [0, 0.05) is 36.3 Å². The molecule has 2 aromatic heterocycles. The molecule has 0 spiro atoms. The van der Waals surface area contributed by atoms with Crippen molar-refractivity contribution in [2.24, 2.45) is 5.92 Å². The standard InChI is InChI=1S/C27H28ClFN6O5/c1-14-4-3-5-20(35-11-9-21(40-27(35)38)23-22(29)17(28)8-10-30-23)24-31-13-19(33-24)16-7-6-15(32-26(37)39-2)12-18(16)34-25(14)36/h6-8,10,12-14,20-21H,3-5,9,11H2,1-2H3,(H,31,33)(H,32,37)(H,34,36). The Balaban J connectivity index is 1.44. The lowest BCUT2D eigenvalue weighted by Crippen LogP contribution is -2.42. The number of benzene rings is 1. The van der Waals surface area contributed by atoms with E-state index in [4.69, 9.17) is 16.3 Å². The third-order valence-corrected chi connectivity index (χ3v) is 7.42. The number of carbonyl (C=O) groups is 3. The number of nitrogens with zero attached hydrogens (tertiary/aromatic N) is 3. The van der Waals surface area contributed by atoms with Gasteiger partial charge >= 0.3 is 12.2 Å². The number of pyridine rings is 1. The van der Waals surface area contributed by atoms with Crippen LogP contribution in [0.5, 0.6) is 0 Å². The molecule has 3 atom stereocenters. The number of aromatic amines is 1. The molecule has 13 heteroatoms. The van der Waals surface area contributed by atoms with Crippen LogP contribution in [0.4, 0.5) is 25.4 Å². The maximum atomic E-state index is 14.5. The van der Waals surface area contributed by atoms with Gasteiger partial charge in [-0.1, -0.05) is 24.9 Å². The van der Waals surface area contributed by atoms with E-state index in [-0.39, 0.29) is 29.1 Å². The van der Waals surface area contributed by atoms with Gasteiger partial charge in [-0.2, -0.15) is 0 Å². The van der Waals surface area contributed by atoms with Gasteiger partial charge in [0.25, 0.3) is 0 Å². The van der Waals surface area contributed by atoms with Crippen molar-refractivity contribution in [2.75, 3.05) is 24.3 Å². The SMILES string of the molecule is COC(=O)Nc1ccc2c(c1)NC(=O)C(C)CCCC(N1CCC(c3nccc(Cl)c3F)OC1=O)c1ncc-2[nH]1. The molecule has 11 nitrogen and oxygen atoms in total. The van der Waals surface area contributed by atoms with E-state index < -0.39 is 30.1 Å². The maximum absolute atomic E-state index is 14.5. The van der Waals surface area contributed by atoms with E-state index in [1.165, 1.54) is 19.4 Å². The summed E-state index contributed by atoms with van der Waals surface area (Å²) in [6.45, 7) is 2.12. The van der Waals surface area contributed by atoms with Gasteiger partial charge in [-0.05, 0) is 37.1 Å². The fourth-order valence-corrected chi connectivity index (χ4v) is 5.10. The van der Waals surface area contributed by atoms with Crippen LogP contribution < -0.4 is 10.6 Å². The molecular formula is C27H28ClFN6O5. The van der Waals surface area contributed by atoms with Crippen molar-refractivity contribution < 1.29 is 28.2 Å². The normalized spacial score (nSPS) is 21.3. The highest BCUT2D eigenvalue weighted by Crippen LogP contribution is 2.37. The minimum Gasteiger partial charge on any atom is -0.453 e.